The zero-order valence-corrected chi connectivity index (χ0v) is 9.51. The van der Waals surface area contributed by atoms with Crippen molar-refractivity contribution in [3.63, 3.8) is 0 Å². The van der Waals surface area contributed by atoms with E-state index in [4.69, 9.17) is 16.1 Å². The zero-order valence-electron chi connectivity index (χ0n) is 8.75. The number of carbonyl (C=O) groups excluding carboxylic acids is 1. The smallest absolute Gasteiger partial charge is 0.273 e. The number of hydrogen-bond donors (Lipinski definition) is 1. The molecule has 1 aromatic rings. The number of nitrogens with zero attached hydrogens (tertiary/aromatic N) is 1. The second-order valence-electron chi connectivity index (χ2n) is 3.33. The Labute approximate surface area is 94.0 Å². The minimum absolute atomic E-state index is 0.183. The number of alkyl halides is 1. The van der Waals surface area contributed by atoms with Crippen molar-refractivity contribution >= 4 is 17.5 Å². The molecule has 0 bridgehead atoms. The van der Waals surface area contributed by atoms with Crippen molar-refractivity contribution < 1.29 is 9.32 Å². The molecule has 0 radical (unpaired) electrons. The summed E-state index contributed by atoms with van der Waals surface area (Å²) in [6, 6.07) is 1.62. The van der Waals surface area contributed by atoms with E-state index < -0.39 is 0 Å². The molecule has 1 amide bonds. The maximum Gasteiger partial charge on any atom is 0.273 e. The molecule has 0 fully saturated rings. The number of rotatable bonds is 6. The Morgan fingerprint density at radius 2 is 2.33 bits per heavy atom. The van der Waals surface area contributed by atoms with Crippen LogP contribution < -0.4 is 5.32 Å². The Balaban J connectivity index is 2.19. The van der Waals surface area contributed by atoms with Crippen LogP contribution >= 0.6 is 11.6 Å². The van der Waals surface area contributed by atoms with Gasteiger partial charge in [-0.25, -0.2) is 0 Å². The maximum absolute atomic E-state index is 11.4. The van der Waals surface area contributed by atoms with Gasteiger partial charge in [0.25, 0.3) is 5.91 Å². The monoisotopic (exact) mass is 230 g/mol. The Bertz CT molecular complexity index is 312. The van der Waals surface area contributed by atoms with Gasteiger partial charge < -0.3 is 9.84 Å². The average Bonchev–Trinajstić information content (AvgIpc) is 2.64. The van der Waals surface area contributed by atoms with Crippen LogP contribution in [0, 0.1) is 6.92 Å². The van der Waals surface area contributed by atoms with Gasteiger partial charge in [-0.15, -0.1) is 11.6 Å². The van der Waals surface area contributed by atoms with Gasteiger partial charge in [-0.1, -0.05) is 11.6 Å². The van der Waals surface area contributed by atoms with Gasteiger partial charge in [0.15, 0.2) is 5.69 Å². The summed E-state index contributed by atoms with van der Waals surface area (Å²) in [6.45, 7) is 2.41. The van der Waals surface area contributed by atoms with E-state index in [2.05, 4.69) is 10.5 Å². The lowest BCUT2D eigenvalue weighted by Crippen LogP contribution is -2.24. The largest absolute Gasteiger partial charge is 0.361 e. The SMILES string of the molecule is Cc1cc(C(=O)NCCCCCCl)no1. The predicted molar refractivity (Wildman–Crippen MR) is 58.1 cm³/mol. The van der Waals surface area contributed by atoms with Crippen molar-refractivity contribution in [2.75, 3.05) is 12.4 Å². The molecule has 1 rings (SSSR count). The molecule has 0 aromatic carbocycles. The van der Waals surface area contributed by atoms with E-state index >= 15 is 0 Å². The van der Waals surface area contributed by atoms with E-state index in [-0.39, 0.29) is 5.91 Å². The van der Waals surface area contributed by atoms with Gasteiger partial charge in [0, 0.05) is 18.5 Å². The molecular weight excluding hydrogens is 216 g/mol. The molecule has 1 heterocycles. The van der Waals surface area contributed by atoms with Gasteiger partial charge in [-0.3, -0.25) is 4.79 Å². The summed E-state index contributed by atoms with van der Waals surface area (Å²) in [7, 11) is 0. The fraction of sp³-hybridized carbons (Fsp3) is 0.600. The number of hydrogen-bond acceptors (Lipinski definition) is 3. The van der Waals surface area contributed by atoms with Crippen molar-refractivity contribution in [1.29, 1.82) is 0 Å². The van der Waals surface area contributed by atoms with Crippen LogP contribution in [-0.4, -0.2) is 23.5 Å². The number of aryl methyl sites for hydroxylation is 1. The van der Waals surface area contributed by atoms with E-state index in [0.29, 0.717) is 23.9 Å². The van der Waals surface area contributed by atoms with Crippen LogP contribution in [0.15, 0.2) is 10.6 Å². The van der Waals surface area contributed by atoms with Gasteiger partial charge in [0.1, 0.15) is 5.76 Å². The second kappa shape index (κ2) is 6.45. The molecule has 1 aromatic heterocycles. The predicted octanol–water partition coefficient (Wildman–Crippen LogP) is 2.12. The quantitative estimate of drug-likeness (QED) is 0.602. The third kappa shape index (κ3) is 4.34. The first kappa shape index (κ1) is 12.0. The molecule has 0 saturated carbocycles. The number of halogens is 1. The van der Waals surface area contributed by atoms with Crippen molar-refractivity contribution in [1.82, 2.24) is 10.5 Å². The van der Waals surface area contributed by atoms with E-state index in [1.807, 2.05) is 0 Å². The first-order valence-corrected chi connectivity index (χ1v) is 5.55. The van der Waals surface area contributed by atoms with Gasteiger partial charge >= 0.3 is 0 Å². The molecular formula is C10H15ClN2O2. The Morgan fingerprint density at radius 1 is 1.53 bits per heavy atom. The fourth-order valence-corrected chi connectivity index (χ4v) is 1.35. The molecule has 0 spiro atoms. The van der Waals surface area contributed by atoms with Crippen molar-refractivity contribution in [2.45, 2.75) is 26.2 Å². The summed E-state index contributed by atoms with van der Waals surface area (Å²) in [5, 5.41) is 6.39. The minimum atomic E-state index is -0.183. The van der Waals surface area contributed by atoms with Crippen LogP contribution in [0.25, 0.3) is 0 Å². The summed E-state index contributed by atoms with van der Waals surface area (Å²) in [6.07, 6.45) is 2.96. The van der Waals surface area contributed by atoms with Crippen LogP contribution in [0.5, 0.6) is 0 Å². The molecule has 1 N–H and O–H groups in total. The van der Waals surface area contributed by atoms with Gasteiger partial charge in [0.05, 0.1) is 0 Å². The summed E-state index contributed by atoms with van der Waals surface area (Å²) in [5.74, 6) is 1.14. The molecule has 4 nitrogen and oxygen atoms in total. The second-order valence-corrected chi connectivity index (χ2v) is 3.71. The molecule has 0 aliphatic rings. The van der Waals surface area contributed by atoms with E-state index in [9.17, 15) is 4.79 Å². The summed E-state index contributed by atoms with van der Waals surface area (Å²) >= 11 is 5.53. The van der Waals surface area contributed by atoms with Crippen molar-refractivity contribution in [2.24, 2.45) is 0 Å². The van der Waals surface area contributed by atoms with Crippen molar-refractivity contribution in [3.8, 4) is 0 Å². The first-order valence-electron chi connectivity index (χ1n) is 5.01. The van der Waals surface area contributed by atoms with Crippen molar-refractivity contribution in [3.05, 3.63) is 17.5 Å². The molecule has 0 atom stereocenters. The average molecular weight is 231 g/mol. The third-order valence-corrected chi connectivity index (χ3v) is 2.22. The summed E-state index contributed by atoms with van der Waals surface area (Å²) < 4.78 is 4.80. The molecule has 0 saturated heterocycles. The molecule has 0 aliphatic heterocycles. The van der Waals surface area contributed by atoms with E-state index in [0.717, 1.165) is 19.3 Å². The molecule has 84 valence electrons. The highest BCUT2D eigenvalue weighted by molar-refractivity contribution is 6.17. The number of carbonyl (C=O) groups is 1. The van der Waals surface area contributed by atoms with E-state index in [1.54, 1.807) is 13.0 Å². The van der Waals surface area contributed by atoms with Gasteiger partial charge in [-0.2, -0.15) is 0 Å². The zero-order chi connectivity index (χ0) is 11.1. The fourth-order valence-electron chi connectivity index (χ4n) is 1.16. The third-order valence-electron chi connectivity index (χ3n) is 1.96. The lowest BCUT2D eigenvalue weighted by Gasteiger charge is -2.01. The lowest BCUT2D eigenvalue weighted by molar-refractivity contribution is 0.0944. The molecule has 0 unspecified atom stereocenters. The highest BCUT2D eigenvalue weighted by atomic mass is 35.5. The van der Waals surface area contributed by atoms with Crippen LogP contribution in [-0.2, 0) is 0 Å². The highest BCUT2D eigenvalue weighted by Gasteiger charge is 2.09. The van der Waals surface area contributed by atoms with Crippen LogP contribution in [0.1, 0.15) is 35.5 Å². The summed E-state index contributed by atoms with van der Waals surface area (Å²) in [5.41, 5.74) is 0.338. The van der Waals surface area contributed by atoms with Gasteiger partial charge in [0.2, 0.25) is 0 Å². The highest BCUT2D eigenvalue weighted by Crippen LogP contribution is 2.01. The maximum atomic E-state index is 11.4. The molecule has 15 heavy (non-hydrogen) atoms. The topological polar surface area (TPSA) is 55.1 Å². The standard InChI is InChI=1S/C10H15ClN2O2/c1-8-7-9(13-15-8)10(14)12-6-4-2-3-5-11/h7H,2-6H2,1H3,(H,12,14). The minimum Gasteiger partial charge on any atom is -0.361 e. The Kier molecular flexibility index (Phi) is 5.18. The Morgan fingerprint density at radius 3 is 2.93 bits per heavy atom. The summed E-state index contributed by atoms with van der Waals surface area (Å²) in [4.78, 5) is 11.4. The van der Waals surface area contributed by atoms with Gasteiger partial charge in [-0.05, 0) is 19.8 Å². The Hall–Kier alpha value is -1.03. The number of unbranched alkanes of at least 4 members (excludes halogenated alkanes) is 2. The first-order chi connectivity index (χ1) is 7.24. The molecule has 5 heteroatoms. The lowest BCUT2D eigenvalue weighted by atomic mass is 10.2. The van der Waals surface area contributed by atoms with Crippen LogP contribution in [0.4, 0.5) is 0 Å². The van der Waals surface area contributed by atoms with Crippen LogP contribution in [0.2, 0.25) is 0 Å². The van der Waals surface area contributed by atoms with Crippen LogP contribution in [0.3, 0.4) is 0 Å². The normalized spacial score (nSPS) is 10.3. The number of aromatic nitrogens is 1. The molecule has 0 aliphatic carbocycles. The number of amides is 1. The van der Waals surface area contributed by atoms with E-state index in [1.165, 1.54) is 0 Å². The number of nitrogens with one attached hydrogen (secondary N) is 1.